The highest BCUT2D eigenvalue weighted by Gasteiger charge is 2.41. The summed E-state index contributed by atoms with van der Waals surface area (Å²) in [5, 5.41) is 9.53. The summed E-state index contributed by atoms with van der Waals surface area (Å²) in [7, 11) is 0. The molecule has 0 aromatic heterocycles. The fourth-order valence-corrected chi connectivity index (χ4v) is 4.14. The van der Waals surface area contributed by atoms with Gasteiger partial charge in [0.05, 0.1) is 4.91 Å². The summed E-state index contributed by atoms with van der Waals surface area (Å²) < 4.78 is 0.326. The van der Waals surface area contributed by atoms with Gasteiger partial charge in [0.15, 0.2) is 0 Å². The van der Waals surface area contributed by atoms with Crippen LogP contribution in [0.2, 0.25) is 0 Å². The summed E-state index contributed by atoms with van der Waals surface area (Å²) in [4.78, 5) is 26.3. The SMILES string of the molecule is CCCCC(C(=O)O)N1C(=O)/C(=C(\C)c2ccc(C)c(C)c2)SC1=S. The van der Waals surface area contributed by atoms with Crippen molar-refractivity contribution in [3.05, 3.63) is 39.8 Å². The fraction of sp³-hybridized carbons (Fsp3) is 0.421. The minimum atomic E-state index is -1.00. The first-order valence-corrected chi connectivity index (χ1v) is 9.57. The van der Waals surface area contributed by atoms with Crippen molar-refractivity contribution < 1.29 is 14.7 Å². The minimum absolute atomic E-state index is 0.297. The number of amides is 1. The molecular weight excluding hydrogens is 354 g/mol. The first-order valence-electron chi connectivity index (χ1n) is 8.34. The molecule has 1 N–H and O–H groups in total. The van der Waals surface area contributed by atoms with Crippen LogP contribution in [0.25, 0.3) is 5.57 Å². The zero-order chi connectivity index (χ0) is 18.7. The second kappa shape index (κ2) is 8.15. The van der Waals surface area contributed by atoms with E-state index in [0.29, 0.717) is 15.6 Å². The van der Waals surface area contributed by atoms with Gasteiger partial charge < -0.3 is 5.11 Å². The Morgan fingerprint density at radius 2 is 2.00 bits per heavy atom. The predicted molar refractivity (Wildman–Crippen MR) is 106 cm³/mol. The van der Waals surface area contributed by atoms with E-state index in [1.165, 1.54) is 22.2 Å². The van der Waals surface area contributed by atoms with E-state index in [9.17, 15) is 14.7 Å². The van der Waals surface area contributed by atoms with Crippen molar-refractivity contribution in [2.24, 2.45) is 0 Å². The van der Waals surface area contributed by atoms with E-state index in [1.54, 1.807) is 0 Å². The molecule has 0 radical (unpaired) electrons. The number of carbonyl (C=O) groups is 2. The Morgan fingerprint density at radius 1 is 1.32 bits per heavy atom. The first kappa shape index (κ1) is 19.7. The van der Waals surface area contributed by atoms with Gasteiger partial charge in [-0.2, -0.15) is 0 Å². The van der Waals surface area contributed by atoms with Crippen molar-refractivity contribution in [2.75, 3.05) is 0 Å². The predicted octanol–water partition coefficient (Wildman–Crippen LogP) is 4.54. The number of hydrogen-bond acceptors (Lipinski definition) is 4. The number of allylic oxidation sites excluding steroid dienone is 1. The highest BCUT2D eigenvalue weighted by Crippen LogP contribution is 2.38. The number of aliphatic carboxylic acids is 1. The maximum atomic E-state index is 12.9. The maximum absolute atomic E-state index is 12.9. The number of hydrogen-bond donors (Lipinski definition) is 1. The third kappa shape index (κ3) is 4.12. The van der Waals surface area contributed by atoms with Gasteiger partial charge in [0.1, 0.15) is 10.4 Å². The van der Waals surface area contributed by atoms with Crippen LogP contribution in [0, 0.1) is 13.8 Å². The molecule has 1 aliphatic heterocycles. The number of benzene rings is 1. The Morgan fingerprint density at radius 3 is 2.56 bits per heavy atom. The summed E-state index contributed by atoms with van der Waals surface area (Å²) in [6, 6.07) is 5.16. The summed E-state index contributed by atoms with van der Waals surface area (Å²) in [6.45, 7) is 7.95. The molecule has 6 heteroatoms. The lowest BCUT2D eigenvalue weighted by Gasteiger charge is -2.23. The molecule has 134 valence electrons. The van der Waals surface area contributed by atoms with Crippen molar-refractivity contribution in [1.29, 1.82) is 0 Å². The van der Waals surface area contributed by atoms with Gasteiger partial charge in [-0.3, -0.25) is 9.69 Å². The molecule has 1 aromatic carbocycles. The molecule has 1 atom stereocenters. The highest BCUT2D eigenvalue weighted by molar-refractivity contribution is 8.26. The highest BCUT2D eigenvalue weighted by atomic mass is 32.2. The summed E-state index contributed by atoms with van der Waals surface area (Å²) in [5.74, 6) is -1.30. The number of thiocarbonyl (C=S) groups is 1. The Labute approximate surface area is 158 Å². The molecule has 1 fully saturated rings. The number of carbonyl (C=O) groups excluding carboxylic acids is 1. The van der Waals surface area contributed by atoms with E-state index in [4.69, 9.17) is 12.2 Å². The molecule has 4 nitrogen and oxygen atoms in total. The average Bonchev–Trinajstić information content (AvgIpc) is 2.85. The molecule has 25 heavy (non-hydrogen) atoms. The van der Waals surface area contributed by atoms with Gasteiger partial charge in [-0.1, -0.05) is 61.9 Å². The van der Waals surface area contributed by atoms with Crippen LogP contribution < -0.4 is 0 Å². The van der Waals surface area contributed by atoms with Gasteiger partial charge in [0.2, 0.25) is 0 Å². The number of carboxylic acid groups (broad SMARTS) is 1. The van der Waals surface area contributed by atoms with Crippen LogP contribution in [0.3, 0.4) is 0 Å². The molecule has 0 spiro atoms. The summed E-state index contributed by atoms with van der Waals surface area (Å²) in [5.41, 5.74) is 4.14. The van der Waals surface area contributed by atoms with Crippen molar-refractivity contribution in [3.63, 3.8) is 0 Å². The molecule has 1 aliphatic rings. The van der Waals surface area contributed by atoms with Crippen molar-refractivity contribution >= 4 is 45.7 Å². The third-order valence-electron chi connectivity index (χ3n) is 4.51. The second-order valence-corrected chi connectivity index (χ2v) is 7.94. The minimum Gasteiger partial charge on any atom is -0.480 e. The molecule has 0 aliphatic carbocycles. The van der Waals surface area contributed by atoms with Gasteiger partial charge in [0.25, 0.3) is 5.91 Å². The lowest BCUT2D eigenvalue weighted by atomic mass is 10.0. The van der Waals surface area contributed by atoms with E-state index in [2.05, 4.69) is 0 Å². The molecule has 1 amide bonds. The number of rotatable bonds is 6. The average molecular weight is 378 g/mol. The molecule has 1 aromatic rings. The van der Waals surface area contributed by atoms with Crippen LogP contribution in [-0.2, 0) is 9.59 Å². The number of carboxylic acids is 1. The second-order valence-electron chi connectivity index (χ2n) is 6.29. The summed E-state index contributed by atoms with van der Waals surface area (Å²) in [6.07, 6.45) is 2.02. The van der Waals surface area contributed by atoms with E-state index >= 15 is 0 Å². The van der Waals surface area contributed by atoms with Crippen LogP contribution in [0.1, 0.15) is 49.8 Å². The Kier molecular flexibility index (Phi) is 6.41. The zero-order valence-corrected chi connectivity index (χ0v) is 16.6. The van der Waals surface area contributed by atoms with Crippen molar-refractivity contribution in [3.8, 4) is 0 Å². The van der Waals surface area contributed by atoms with Crippen LogP contribution in [0.4, 0.5) is 0 Å². The van der Waals surface area contributed by atoms with Gasteiger partial charge >= 0.3 is 5.97 Å². The van der Waals surface area contributed by atoms with Crippen molar-refractivity contribution in [1.82, 2.24) is 4.90 Å². The van der Waals surface area contributed by atoms with Gasteiger partial charge in [-0.05, 0) is 49.5 Å². The molecule has 0 bridgehead atoms. The molecular formula is C19H23NO3S2. The quantitative estimate of drug-likeness (QED) is 0.583. The molecule has 1 saturated heterocycles. The van der Waals surface area contributed by atoms with Gasteiger partial charge in [-0.15, -0.1) is 0 Å². The maximum Gasteiger partial charge on any atom is 0.326 e. The standard InChI is InChI=1S/C19H23NO3S2/c1-5-6-7-15(18(22)23)20-17(21)16(25-19(20)24)13(4)14-9-8-11(2)12(3)10-14/h8-10,15H,5-7H2,1-4H3,(H,22,23)/b16-13-. The topological polar surface area (TPSA) is 57.6 Å². The smallest absolute Gasteiger partial charge is 0.326 e. The van der Waals surface area contributed by atoms with E-state index in [1.807, 2.05) is 45.9 Å². The van der Waals surface area contributed by atoms with Crippen LogP contribution >= 0.6 is 24.0 Å². The first-order chi connectivity index (χ1) is 11.8. The number of thioether (sulfide) groups is 1. The zero-order valence-electron chi connectivity index (χ0n) is 15.0. The fourth-order valence-electron chi connectivity index (χ4n) is 2.74. The third-order valence-corrected chi connectivity index (χ3v) is 6.01. The number of nitrogens with zero attached hydrogens (tertiary/aromatic N) is 1. The Hall–Kier alpha value is -1.66. The van der Waals surface area contributed by atoms with E-state index in [-0.39, 0.29) is 5.91 Å². The molecule has 2 rings (SSSR count). The number of aryl methyl sites for hydroxylation is 2. The van der Waals surface area contributed by atoms with Crippen LogP contribution in [0.15, 0.2) is 23.1 Å². The van der Waals surface area contributed by atoms with Crippen LogP contribution in [0.5, 0.6) is 0 Å². The lowest BCUT2D eigenvalue weighted by molar-refractivity contribution is -0.145. The normalized spacial score (nSPS) is 17.8. The van der Waals surface area contributed by atoms with E-state index < -0.39 is 12.0 Å². The Balaban J connectivity index is 2.38. The number of unbranched alkanes of at least 4 members (excludes halogenated alkanes) is 1. The summed E-state index contributed by atoms with van der Waals surface area (Å²) >= 11 is 6.52. The van der Waals surface area contributed by atoms with Gasteiger partial charge in [0, 0.05) is 0 Å². The molecule has 1 unspecified atom stereocenters. The molecule has 1 heterocycles. The lowest BCUT2D eigenvalue weighted by Crippen LogP contribution is -2.43. The monoisotopic (exact) mass is 377 g/mol. The van der Waals surface area contributed by atoms with Gasteiger partial charge in [-0.25, -0.2) is 4.79 Å². The largest absolute Gasteiger partial charge is 0.480 e. The van der Waals surface area contributed by atoms with Crippen LogP contribution in [-0.4, -0.2) is 32.2 Å². The van der Waals surface area contributed by atoms with E-state index in [0.717, 1.165) is 29.5 Å². The van der Waals surface area contributed by atoms with Crippen molar-refractivity contribution in [2.45, 2.75) is 53.0 Å². The Bertz CT molecular complexity index is 755. The molecule has 0 saturated carbocycles.